The first kappa shape index (κ1) is 22.6. The molecule has 1 unspecified atom stereocenters. The first-order chi connectivity index (χ1) is 16.5. The Bertz CT molecular complexity index is 1350. The molecule has 0 saturated heterocycles. The zero-order valence-electron chi connectivity index (χ0n) is 19.8. The number of carbonyl (C=O) groups is 1. The zero-order chi connectivity index (χ0) is 23.7. The zero-order valence-corrected chi connectivity index (χ0v) is 20.7. The molecule has 0 bridgehead atoms. The van der Waals surface area contributed by atoms with Gasteiger partial charge in [-0.3, -0.25) is 4.79 Å². The van der Waals surface area contributed by atoms with E-state index in [9.17, 15) is 4.79 Å². The summed E-state index contributed by atoms with van der Waals surface area (Å²) in [5, 5.41) is 8.42. The summed E-state index contributed by atoms with van der Waals surface area (Å²) < 4.78 is 1.80. The van der Waals surface area contributed by atoms with Crippen LogP contribution in [0.4, 0.5) is 0 Å². The Morgan fingerprint density at radius 2 is 1.88 bits per heavy atom. The Morgan fingerprint density at radius 1 is 1.09 bits per heavy atom. The highest BCUT2D eigenvalue weighted by Crippen LogP contribution is 2.29. The number of hydrogen-bond acceptors (Lipinski definition) is 5. The topological polar surface area (TPSA) is 72.2 Å². The number of aryl methyl sites for hydroxylation is 4. The minimum absolute atomic E-state index is 0.00600. The fourth-order valence-corrected chi connectivity index (χ4v) is 5.32. The van der Waals surface area contributed by atoms with Gasteiger partial charge in [0, 0.05) is 17.8 Å². The molecule has 2 aromatic heterocycles. The van der Waals surface area contributed by atoms with Gasteiger partial charge >= 0.3 is 0 Å². The average Bonchev–Trinajstić information content (AvgIpc) is 3.25. The van der Waals surface area contributed by atoms with Gasteiger partial charge in [0.05, 0.1) is 11.8 Å². The fourth-order valence-electron chi connectivity index (χ4n) is 4.69. The van der Waals surface area contributed by atoms with Crippen LogP contribution >= 0.6 is 11.8 Å². The molecular weight excluding hydrogens is 442 g/mol. The number of amides is 1. The lowest BCUT2D eigenvalue weighted by Gasteiger charge is -2.26. The molecule has 0 fully saturated rings. The molecule has 34 heavy (non-hydrogen) atoms. The van der Waals surface area contributed by atoms with Crippen molar-refractivity contribution in [1.29, 1.82) is 0 Å². The molecule has 7 heteroatoms. The molecule has 2 aromatic carbocycles. The molecule has 0 spiro atoms. The number of thioether (sulfide) groups is 1. The number of nitrogens with zero attached hydrogens (tertiary/aromatic N) is 4. The summed E-state index contributed by atoms with van der Waals surface area (Å²) in [5.41, 5.74) is 8.23. The third kappa shape index (κ3) is 4.71. The van der Waals surface area contributed by atoms with Crippen LogP contribution in [0.25, 0.3) is 5.78 Å². The van der Waals surface area contributed by atoms with Crippen molar-refractivity contribution >= 4 is 23.4 Å². The van der Waals surface area contributed by atoms with Crippen molar-refractivity contribution in [2.45, 2.75) is 57.7 Å². The van der Waals surface area contributed by atoms with Crippen LogP contribution < -0.4 is 5.32 Å². The van der Waals surface area contributed by atoms with E-state index >= 15 is 0 Å². The van der Waals surface area contributed by atoms with Crippen LogP contribution in [0.15, 0.2) is 53.7 Å². The molecule has 5 rings (SSSR count). The average molecular weight is 472 g/mol. The molecule has 1 aliphatic carbocycles. The van der Waals surface area contributed by atoms with Gasteiger partial charge in [0.2, 0.25) is 11.1 Å². The normalized spacial score (nSPS) is 15.3. The highest BCUT2D eigenvalue weighted by atomic mass is 32.2. The van der Waals surface area contributed by atoms with E-state index < -0.39 is 0 Å². The summed E-state index contributed by atoms with van der Waals surface area (Å²) in [7, 11) is 0. The number of hydrogen-bond donors (Lipinski definition) is 1. The number of benzene rings is 2. The van der Waals surface area contributed by atoms with Gasteiger partial charge in [-0.1, -0.05) is 65.9 Å². The summed E-state index contributed by atoms with van der Waals surface area (Å²) in [6.07, 6.45) is 3.96. The molecule has 1 amide bonds. The molecule has 2 heterocycles. The molecule has 0 radical (unpaired) electrons. The lowest BCUT2D eigenvalue weighted by Crippen LogP contribution is -2.32. The number of nitrogens with one attached hydrogen (secondary N) is 1. The van der Waals surface area contributed by atoms with Gasteiger partial charge in [0.1, 0.15) is 0 Å². The Morgan fingerprint density at radius 3 is 2.71 bits per heavy atom. The lowest BCUT2D eigenvalue weighted by atomic mass is 9.88. The van der Waals surface area contributed by atoms with Gasteiger partial charge in [0.25, 0.3) is 5.78 Å². The maximum absolute atomic E-state index is 12.7. The van der Waals surface area contributed by atoms with E-state index in [0.717, 1.165) is 42.6 Å². The Hall–Kier alpha value is -3.19. The highest BCUT2D eigenvalue weighted by molar-refractivity contribution is 7.99. The summed E-state index contributed by atoms with van der Waals surface area (Å²) in [6.45, 7) is 6.17. The van der Waals surface area contributed by atoms with Gasteiger partial charge in [-0.2, -0.15) is 4.98 Å². The van der Waals surface area contributed by atoms with Crippen molar-refractivity contribution in [3.05, 3.63) is 87.7 Å². The minimum atomic E-state index is 0.00600. The minimum Gasteiger partial charge on any atom is -0.349 e. The van der Waals surface area contributed by atoms with Gasteiger partial charge in [-0.25, -0.2) is 9.50 Å². The van der Waals surface area contributed by atoms with E-state index in [4.69, 9.17) is 4.98 Å². The van der Waals surface area contributed by atoms with Gasteiger partial charge in [0.15, 0.2) is 0 Å². The van der Waals surface area contributed by atoms with Crippen molar-refractivity contribution in [1.82, 2.24) is 24.9 Å². The van der Waals surface area contributed by atoms with Crippen molar-refractivity contribution in [3.63, 3.8) is 0 Å². The molecule has 1 aliphatic rings. The number of rotatable bonds is 6. The molecule has 1 N–H and O–H groups in total. The van der Waals surface area contributed by atoms with Crippen LogP contribution in [0.5, 0.6) is 0 Å². The van der Waals surface area contributed by atoms with Crippen LogP contribution in [0, 0.1) is 20.8 Å². The van der Waals surface area contributed by atoms with Gasteiger partial charge in [-0.15, -0.1) is 5.10 Å². The van der Waals surface area contributed by atoms with Crippen LogP contribution in [0.1, 0.15) is 58.1 Å². The Labute approximate surface area is 204 Å². The second kappa shape index (κ2) is 9.58. The molecule has 1 atom stereocenters. The quantitative estimate of drug-likeness (QED) is 0.404. The lowest BCUT2D eigenvalue weighted by molar-refractivity contribution is -0.119. The van der Waals surface area contributed by atoms with Crippen molar-refractivity contribution < 1.29 is 4.79 Å². The molecular formula is C27H29N5OS. The second-order valence-electron chi connectivity index (χ2n) is 9.03. The van der Waals surface area contributed by atoms with Crippen molar-refractivity contribution in [3.8, 4) is 0 Å². The highest BCUT2D eigenvalue weighted by Gasteiger charge is 2.22. The van der Waals surface area contributed by atoms with Gasteiger partial charge < -0.3 is 5.32 Å². The van der Waals surface area contributed by atoms with Crippen LogP contribution in [-0.2, 0) is 17.6 Å². The monoisotopic (exact) mass is 471 g/mol. The van der Waals surface area contributed by atoms with E-state index in [1.807, 2.05) is 13.0 Å². The van der Waals surface area contributed by atoms with Gasteiger partial charge in [-0.05, 0) is 62.3 Å². The Balaban J connectivity index is 1.28. The van der Waals surface area contributed by atoms with E-state index in [1.54, 1.807) is 4.52 Å². The van der Waals surface area contributed by atoms with Crippen LogP contribution in [0.2, 0.25) is 0 Å². The fraction of sp³-hybridized carbons (Fsp3) is 0.333. The second-order valence-corrected chi connectivity index (χ2v) is 9.97. The summed E-state index contributed by atoms with van der Waals surface area (Å²) >= 11 is 1.36. The largest absolute Gasteiger partial charge is 0.349 e. The van der Waals surface area contributed by atoms with Crippen molar-refractivity contribution in [2.75, 3.05) is 5.75 Å². The molecule has 174 valence electrons. The van der Waals surface area contributed by atoms with E-state index in [-0.39, 0.29) is 17.7 Å². The molecule has 0 saturated carbocycles. The van der Waals surface area contributed by atoms with Crippen LogP contribution in [-0.4, -0.2) is 31.2 Å². The number of aromatic nitrogens is 4. The SMILES string of the molecule is Cc1ccc(Cc2c(C)nc3nc(SCC(=O)NC4CCCc5ccccc54)nn3c2C)cc1. The van der Waals surface area contributed by atoms with E-state index in [1.165, 1.54) is 34.0 Å². The van der Waals surface area contributed by atoms with E-state index in [2.05, 4.69) is 71.7 Å². The maximum Gasteiger partial charge on any atom is 0.253 e. The smallest absolute Gasteiger partial charge is 0.253 e. The summed E-state index contributed by atoms with van der Waals surface area (Å²) in [6, 6.07) is 17.1. The molecule has 6 nitrogen and oxygen atoms in total. The number of fused-ring (bicyclic) bond motifs is 2. The summed E-state index contributed by atoms with van der Waals surface area (Å²) in [4.78, 5) is 22.0. The predicted octanol–water partition coefficient (Wildman–Crippen LogP) is 4.93. The van der Waals surface area contributed by atoms with Crippen molar-refractivity contribution in [2.24, 2.45) is 0 Å². The predicted molar refractivity (Wildman–Crippen MR) is 135 cm³/mol. The molecule has 4 aromatic rings. The molecule has 0 aliphatic heterocycles. The number of carbonyl (C=O) groups excluding carboxylic acids is 1. The maximum atomic E-state index is 12.7. The summed E-state index contributed by atoms with van der Waals surface area (Å²) in [5.74, 6) is 0.863. The third-order valence-corrected chi connectivity index (χ3v) is 7.41. The van der Waals surface area contributed by atoms with E-state index in [0.29, 0.717) is 10.9 Å². The van der Waals surface area contributed by atoms with Crippen LogP contribution in [0.3, 0.4) is 0 Å². The third-order valence-electron chi connectivity index (χ3n) is 6.57. The first-order valence-corrected chi connectivity index (χ1v) is 12.7. The Kier molecular flexibility index (Phi) is 6.37. The first-order valence-electron chi connectivity index (χ1n) is 11.8. The standard InChI is InChI=1S/C27H29N5OS/c1-17-11-13-20(14-12-17)15-23-18(2)28-26-30-27(31-32(26)19(23)3)34-16-25(33)29-24-10-6-8-21-7-4-5-9-22(21)24/h4-5,7,9,11-14,24H,6,8,10,15-16H2,1-3H3,(H,29,33).